The fraction of sp³-hybridized carbons (Fsp3) is 0.897. The van der Waals surface area contributed by atoms with Crippen LogP contribution < -0.4 is 0 Å². The molecule has 0 aliphatic carbocycles. The minimum Gasteiger partial charge on any atom is -0.462 e. The molecule has 0 aromatic heterocycles. The number of ether oxygens (including phenoxy) is 2. The van der Waals surface area contributed by atoms with Crippen molar-refractivity contribution in [2.45, 2.75) is 180 Å². The highest BCUT2D eigenvalue weighted by atomic mass is 31.2. The van der Waals surface area contributed by atoms with Gasteiger partial charge in [0.2, 0.25) is 0 Å². The average Bonchev–Trinajstić information content (AvgIpc) is 3.04. The second-order valence-corrected chi connectivity index (χ2v) is 16.1. The standard InChI is InChI=1S/C39H76NO8P/c1-6-8-10-12-14-16-18-20-22-24-26-28-30-32-39(42)48-37(36-47-49(43,44)46-34-33-40(3,4)5)35-45-38(41)31-29-27-25-23-21-19-17-15-13-11-9-7-2/h16,18,37H,6-15,17,19-36H2,1-5H3/p+1/b18-16-. The van der Waals surface area contributed by atoms with Gasteiger partial charge in [0.15, 0.2) is 6.10 Å². The lowest BCUT2D eigenvalue weighted by molar-refractivity contribution is -0.870. The summed E-state index contributed by atoms with van der Waals surface area (Å²) in [5, 5.41) is 0. The largest absolute Gasteiger partial charge is 0.472 e. The van der Waals surface area contributed by atoms with Crippen molar-refractivity contribution in [1.82, 2.24) is 0 Å². The van der Waals surface area contributed by atoms with Gasteiger partial charge in [-0.05, 0) is 38.5 Å². The van der Waals surface area contributed by atoms with Crippen LogP contribution in [0.5, 0.6) is 0 Å². The summed E-state index contributed by atoms with van der Waals surface area (Å²) in [7, 11) is 1.48. The first kappa shape index (κ1) is 47.8. The van der Waals surface area contributed by atoms with Crippen molar-refractivity contribution in [3.05, 3.63) is 12.2 Å². The summed E-state index contributed by atoms with van der Waals surface area (Å²) in [5.41, 5.74) is 0. The third-order valence-electron chi connectivity index (χ3n) is 8.55. The number of quaternary nitrogens is 1. The van der Waals surface area contributed by atoms with Crippen LogP contribution in [0.4, 0.5) is 0 Å². The van der Waals surface area contributed by atoms with E-state index in [1.165, 1.54) is 89.9 Å². The molecule has 2 unspecified atom stereocenters. The molecule has 0 spiro atoms. The molecule has 0 radical (unpaired) electrons. The average molecular weight is 719 g/mol. The molecule has 0 aliphatic heterocycles. The number of esters is 2. The van der Waals surface area contributed by atoms with Gasteiger partial charge >= 0.3 is 19.8 Å². The Morgan fingerprint density at radius 2 is 1.04 bits per heavy atom. The predicted octanol–water partition coefficient (Wildman–Crippen LogP) is 10.6. The Hall–Kier alpha value is -1.25. The fourth-order valence-electron chi connectivity index (χ4n) is 5.36. The zero-order chi connectivity index (χ0) is 36.5. The minimum atomic E-state index is -4.36. The lowest BCUT2D eigenvalue weighted by Crippen LogP contribution is -2.37. The van der Waals surface area contributed by atoms with Crippen molar-refractivity contribution in [1.29, 1.82) is 0 Å². The molecular formula is C39H77NO8P+. The zero-order valence-electron chi connectivity index (χ0n) is 32.4. The number of unbranched alkanes of at least 4 members (excludes halogenated alkanes) is 20. The second kappa shape index (κ2) is 32.6. The van der Waals surface area contributed by atoms with E-state index in [0.29, 0.717) is 23.9 Å². The summed E-state index contributed by atoms with van der Waals surface area (Å²) >= 11 is 0. The molecule has 0 fully saturated rings. The van der Waals surface area contributed by atoms with Gasteiger partial charge < -0.3 is 18.9 Å². The van der Waals surface area contributed by atoms with E-state index in [2.05, 4.69) is 26.0 Å². The van der Waals surface area contributed by atoms with Crippen molar-refractivity contribution < 1.29 is 42.1 Å². The Balaban J connectivity index is 4.42. The molecule has 0 aromatic carbocycles. The summed E-state index contributed by atoms with van der Waals surface area (Å²) in [6.07, 6.45) is 31.1. The van der Waals surface area contributed by atoms with Crippen molar-refractivity contribution in [3.63, 3.8) is 0 Å². The Morgan fingerprint density at radius 1 is 0.612 bits per heavy atom. The smallest absolute Gasteiger partial charge is 0.462 e. The molecule has 49 heavy (non-hydrogen) atoms. The van der Waals surface area contributed by atoms with E-state index in [9.17, 15) is 19.0 Å². The van der Waals surface area contributed by atoms with Crippen molar-refractivity contribution in [3.8, 4) is 0 Å². The Kier molecular flexibility index (Phi) is 31.8. The molecule has 290 valence electrons. The zero-order valence-corrected chi connectivity index (χ0v) is 33.3. The number of hydrogen-bond acceptors (Lipinski definition) is 7. The molecule has 0 rings (SSSR count). The van der Waals surface area contributed by atoms with E-state index in [1.807, 2.05) is 21.1 Å². The summed E-state index contributed by atoms with van der Waals surface area (Å²) < 4.78 is 34.2. The van der Waals surface area contributed by atoms with Crippen molar-refractivity contribution in [2.75, 3.05) is 47.5 Å². The number of phosphoric acid groups is 1. The highest BCUT2D eigenvalue weighted by molar-refractivity contribution is 7.47. The number of likely N-dealkylation sites (N-methyl/N-ethyl adjacent to an activating group) is 1. The van der Waals surface area contributed by atoms with Gasteiger partial charge in [-0.15, -0.1) is 0 Å². The van der Waals surface area contributed by atoms with Gasteiger partial charge in [0.05, 0.1) is 27.7 Å². The molecule has 0 saturated carbocycles. The monoisotopic (exact) mass is 719 g/mol. The molecule has 0 heterocycles. The summed E-state index contributed by atoms with van der Waals surface area (Å²) in [4.78, 5) is 35.2. The van der Waals surface area contributed by atoms with Crippen LogP contribution in [-0.4, -0.2) is 74.9 Å². The van der Waals surface area contributed by atoms with Crippen LogP contribution in [0.1, 0.15) is 174 Å². The van der Waals surface area contributed by atoms with Gasteiger partial charge in [0.25, 0.3) is 0 Å². The molecule has 2 atom stereocenters. The van der Waals surface area contributed by atoms with E-state index in [0.717, 1.165) is 51.4 Å². The van der Waals surface area contributed by atoms with Crippen LogP contribution >= 0.6 is 7.82 Å². The summed E-state index contributed by atoms with van der Waals surface area (Å²) in [6.45, 7) is 4.39. The van der Waals surface area contributed by atoms with E-state index in [1.54, 1.807) is 0 Å². The third-order valence-corrected chi connectivity index (χ3v) is 9.53. The molecule has 10 heteroatoms. The maximum Gasteiger partial charge on any atom is 0.472 e. The Morgan fingerprint density at radius 3 is 1.53 bits per heavy atom. The van der Waals surface area contributed by atoms with Crippen LogP contribution in [-0.2, 0) is 32.7 Å². The lowest BCUT2D eigenvalue weighted by atomic mass is 10.0. The molecule has 1 N–H and O–H groups in total. The highest BCUT2D eigenvalue weighted by Crippen LogP contribution is 2.43. The quantitative estimate of drug-likeness (QED) is 0.0224. The number of carbonyl (C=O) groups is 2. The first-order valence-corrected chi connectivity index (χ1v) is 21.4. The van der Waals surface area contributed by atoms with E-state index < -0.39 is 26.5 Å². The Labute approximate surface area is 301 Å². The Bertz CT molecular complexity index is 860. The highest BCUT2D eigenvalue weighted by Gasteiger charge is 2.27. The van der Waals surface area contributed by atoms with E-state index >= 15 is 0 Å². The normalized spacial score (nSPS) is 13.8. The van der Waals surface area contributed by atoms with Gasteiger partial charge in [-0.1, -0.05) is 135 Å². The number of phosphoric ester groups is 1. The number of carbonyl (C=O) groups excluding carboxylic acids is 2. The van der Waals surface area contributed by atoms with Crippen molar-refractivity contribution >= 4 is 19.8 Å². The number of nitrogens with zero attached hydrogens (tertiary/aromatic N) is 1. The van der Waals surface area contributed by atoms with E-state index in [4.69, 9.17) is 18.5 Å². The van der Waals surface area contributed by atoms with Gasteiger partial charge in [-0.2, -0.15) is 0 Å². The first-order chi connectivity index (χ1) is 23.5. The molecule has 0 aliphatic rings. The molecular weight excluding hydrogens is 641 g/mol. The first-order valence-electron chi connectivity index (χ1n) is 19.9. The molecule has 0 aromatic rings. The maximum atomic E-state index is 12.6. The molecule has 0 amide bonds. The maximum absolute atomic E-state index is 12.6. The van der Waals surface area contributed by atoms with Gasteiger partial charge in [0, 0.05) is 12.8 Å². The van der Waals surface area contributed by atoms with E-state index in [-0.39, 0.29) is 25.6 Å². The van der Waals surface area contributed by atoms with Gasteiger partial charge in [0.1, 0.15) is 19.8 Å². The van der Waals surface area contributed by atoms with Crippen LogP contribution in [0.25, 0.3) is 0 Å². The van der Waals surface area contributed by atoms with Gasteiger partial charge in [-0.3, -0.25) is 18.6 Å². The number of rotatable bonds is 36. The van der Waals surface area contributed by atoms with Crippen LogP contribution in [0, 0.1) is 0 Å². The fourth-order valence-corrected chi connectivity index (χ4v) is 6.10. The lowest BCUT2D eigenvalue weighted by Gasteiger charge is -2.24. The SMILES string of the molecule is CCCCCC/C=C\CCCCCCCC(=O)OC(COC(=O)CCCCCCCCCCCCCC)COP(=O)(O)OCC[N+](C)(C)C. The molecule has 9 nitrogen and oxygen atoms in total. The second-order valence-electron chi connectivity index (χ2n) is 14.7. The van der Waals surface area contributed by atoms with Crippen molar-refractivity contribution in [2.24, 2.45) is 0 Å². The minimum absolute atomic E-state index is 0.0328. The van der Waals surface area contributed by atoms with Crippen LogP contribution in [0.3, 0.4) is 0 Å². The topological polar surface area (TPSA) is 108 Å². The number of allylic oxidation sites excluding steroid dienone is 2. The molecule has 0 saturated heterocycles. The predicted molar refractivity (Wildman–Crippen MR) is 201 cm³/mol. The van der Waals surface area contributed by atoms with Gasteiger partial charge in [-0.25, -0.2) is 4.57 Å². The third kappa shape index (κ3) is 36.3. The van der Waals surface area contributed by atoms with Crippen LogP contribution in [0.15, 0.2) is 12.2 Å². The number of hydrogen-bond donors (Lipinski definition) is 1. The van der Waals surface area contributed by atoms with Crippen LogP contribution in [0.2, 0.25) is 0 Å². The summed E-state index contributed by atoms with van der Waals surface area (Å²) in [6, 6.07) is 0. The molecule has 0 bridgehead atoms. The summed E-state index contributed by atoms with van der Waals surface area (Å²) in [5.74, 6) is -0.804.